The van der Waals surface area contributed by atoms with Gasteiger partial charge < -0.3 is 11.1 Å². The smallest absolute Gasteiger partial charge is 0.273 e. The first-order chi connectivity index (χ1) is 13.1. The van der Waals surface area contributed by atoms with Crippen molar-refractivity contribution in [2.45, 2.75) is 12.7 Å². The second-order valence-electron chi connectivity index (χ2n) is 6.50. The maximum absolute atomic E-state index is 12.4. The molecule has 2 heterocycles. The van der Waals surface area contributed by atoms with Gasteiger partial charge in [0, 0.05) is 30.6 Å². The van der Waals surface area contributed by atoms with Crippen molar-refractivity contribution in [3.63, 3.8) is 0 Å². The summed E-state index contributed by atoms with van der Waals surface area (Å²) in [4.78, 5) is 20.8. The molecule has 0 radical (unpaired) electrons. The van der Waals surface area contributed by atoms with Crippen LogP contribution in [0.2, 0.25) is 0 Å². The number of nitrogens with one attached hydrogen (secondary N) is 1. The van der Waals surface area contributed by atoms with Crippen LogP contribution in [0, 0.1) is 6.92 Å². The van der Waals surface area contributed by atoms with E-state index < -0.39 is 9.84 Å². The number of hydrogen-bond acceptors (Lipinski definition) is 7. The van der Waals surface area contributed by atoms with E-state index in [9.17, 15) is 13.2 Å². The van der Waals surface area contributed by atoms with Crippen LogP contribution in [0.5, 0.6) is 0 Å². The fourth-order valence-corrected chi connectivity index (χ4v) is 3.40. The second-order valence-corrected chi connectivity index (χ2v) is 8.64. The van der Waals surface area contributed by atoms with Gasteiger partial charge >= 0.3 is 0 Å². The Bertz CT molecular complexity index is 1140. The van der Waals surface area contributed by atoms with Crippen molar-refractivity contribution < 1.29 is 13.2 Å². The third kappa shape index (κ3) is 4.71. The molecule has 0 atom stereocenters. The Morgan fingerprint density at radius 2 is 1.86 bits per heavy atom. The van der Waals surface area contributed by atoms with Gasteiger partial charge in [-0.1, -0.05) is 0 Å². The van der Waals surface area contributed by atoms with Gasteiger partial charge in [0.05, 0.1) is 17.1 Å². The lowest BCUT2D eigenvalue weighted by atomic mass is 10.2. The van der Waals surface area contributed by atoms with E-state index in [1.54, 1.807) is 37.4 Å². The van der Waals surface area contributed by atoms with Crippen LogP contribution in [0.15, 0.2) is 36.4 Å². The minimum Gasteiger partial charge on any atom is -0.384 e. The average molecular weight is 400 g/mol. The summed E-state index contributed by atoms with van der Waals surface area (Å²) in [5.74, 6) is 0.0169. The monoisotopic (exact) mass is 400 g/mol. The van der Waals surface area contributed by atoms with E-state index in [0.29, 0.717) is 28.5 Å². The zero-order valence-corrected chi connectivity index (χ0v) is 16.5. The number of benzene rings is 1. The Kier molecular flexibility index (Phi) is 5.14. The quantitative estimate of drug-likeness (QED) is 0.664. The van der Waals surface area contributed by atoms with E-state index in [4.69, 9.17) is 5.73 Å². The molecular weight excluding hydrogens is 380 g/mol. The molecule has 1 aromatic carbocycles. The second kappa shape index (κ2) is 7.39. The third-order valence-electron chi connectivity index (χ3n) is 3.84. The van der Waals surface area contributed by atoms with E-state index in [1.165, 1.54) is 10.7 Å². The number of carbonyl (C=O) groups is 1. The summed E-state index contributed by atoms with van der Waals surface area (Å²) in [6.07, 6.45) is 1.13. The number of nitrogens with two attached hydrogens (primary N) is 1. The summed E-state index contributed by atoms with van der Waals surface area (Å²) >= 11 is 0. The van der Waals surface area contributed by atoms with Crippen molar-refractivity contribution in [2.75, 3.05) is 17.3 Å². The van der Waals surface area contributed by atoms with Gasteiger partial charge in [-0.2, -0.15) is 5.10 Å². The van der Waals surface area contributed by atoms with Crippen LogP contribution in [0.25, 0.3) is 11.4 Å². The molecule has 0 bridgehead atoms. The molecule has 0 aliphatic rings. The molecule has 1 amide bonds. The number of amides is 1. The van der Waals surface area contributed by atoms with Gasteiger partial charge in [0.2, 0.25) is 0 Å². The molecule has 0 saturated heterocycles. The summed E-state index contributed by atoms with van der Waals surface area (Å²) in [6.45, 7) is 1.81. The number of carbonyl (C=O) groups excluding carboxylic acids is 1. The topological polar surface area (TPSA) is 133 Å². The van der Waals surface area contributed by atoms with Crippen LogP contribution < -0.4 is 11.1 Å². The lowest BCUT2D eigenvalue weighted by Gasteiger charge is -2.08. The molecule has 146 valence electrons. The molecule has 3 rings (SSSR count). The highest BCUT2D eigenvalue weighted by atomic mass is 32.2. The first-order valence-corrected chi connectivity index (χ1v) is 10.4. The Balaban J connectivity index is 1.81. The van der Waals surface area contributed by atoms with Gasteiger partial charge in [-0.3, -0.25) is 9.48 Å². The molecule has 3 N–H and O–H groups in total. The number of hydrogen-bond donors (Lipinski definition) is 2. The van der Waals surface area contributed by atoms with Gasteiger partial charge in [-0.15, -0.1) is 0 Å². The highest BCUT2D eigenvalue weighted by molar-refractivity contribution is 7.89. The number of aryl methyl sites for hydroxylation is 2. The number of nitrogen functional groups attached to an aromatic ring is 1. The molecule has 0 aliphatic carbocycles. The van der Waals surface area contributed by atoms with Crippen molar-refractivity contribution in [1.29, 1.82) is 0 Å². The van der Waals surface area contributed by atoms with Gasteiger partial charge in [-0.25, -0.2) is 18.4 Å². The van der Waals surface area contributed by atoms with Crippen LogP contribution in [-0.4, -0.2) is 40.3 Å². The molecule has 28 heavy (non-hydrogen) atoms. The summed E-state index contributed by atoms with van der Waals surface area (Å²) in [5, 5.41) is 6.95. The summed E-state index contributed by atoms with van der Waals surface area (Å²) in [6, 6.07) is 10.0. The summed E-state index contributed by atoms with van der Waals surface area (Å²) < 4.78 is 24.5. The minimum absolute atomic E-state index is 0.188. The lowest BCUT2D eigenvalue weighted by molar-refractivity contribution is 0.101. The van der Waals surface area contributed by atoms with E-state index in [2.05, 4.69) is 20.4 Å². The molecule has 3 aromatic rings. The molecule has 0 spiro atoms. The van der Waals surface area contributed by atoms with Crippen molar-refractivity contribution in [2.24, 2.45) is 7.05 Å². The standard InChI is InChI=1S/C18H20N6O3S/c1-11-8-15(24(2)23-11)18(25)21-13-6-4-12(5-7-13)17-20-14(9-16(19)22-17)10-28(3,26)27/h4-9H,10H2,1-3H3,(H,21,25)(H2,19,20,22). The fourth-order valence-electron chi connectivity index (χ4n) is 2.71. The highest BCUT2D eigenvalue weighted by Crippen LogP contribution is 2.21. The first kappa shape index (κ1) is 19.5. The highest BCUT2D eigenvalue weighted by Gasteiger charge is 2.13. The van der Waals surface area contributed by atoms with Crippen molar-refractivity contribution in [3.05, 3.63) is 53.5 Å². The van der Waals surface area contributed by atoms with Gasteiger partial charge in [-0.05, 0) is 37.3 Å². The fraction of sp³-hybridized carbons (Fsp3) is 0.222. The zero-order valence-electron chi connectivity index (χ0n) is 15.7. The molecule has 10 heteroatoms. The maximum atomic E-state index is 12.4. The lowest BCUT2D eigenvalue weighted by Crippen LogP contribution is -2.16. The molecular formula is C18H20N6O3S. The van der Waals surface area contributed by atoms with E-state index in [-0.39, 0.29) is 17.5 Å². The van der Waals surface area contributed by atoms with Gasteiger partial charge in [0.25, 0.3) is 5.91 Å². The van der Waals surface area contributed by atoms with Crippen molar-refractivity contribution >= 4 is 27.2 Å². The van der Waals surface area contributed by atoms with Crippen molar-refractivity contribution in [3.8, 4) is 11.4 Å². The number of anilines is 2. The Labute approximate surface area is 162 Å². The minimum atomic E-state index is -3.24. The van der Waals surface area contributed by atoms with E-state index in [1.807, 2.05) is 6.92 Å². The van der Waals surface area contributed by atoms with Crippen LogP contribution in [0.4, 0.5) is 11.5 Å². The summed E-state index contributed by atoms with van der Waals surface area (Å²) in [7, 11) is -1.54. The largest absolute Gasteiger partial charge is 0.384 e. The number of rotatable bonds is 5. The Morgan fingerprint density at radius 3 is 2.43 bits per heavy atom. The van der Waals surface area contributed by atoms with Crippen LogP contribution in [-0.2, 0) is 22.6 Å². The number of aromatic nitrogens is 4. The normalized spacial score (nSPS) is 11.4. The molecule has 2 aromatic heterocycles. The van der Waals surface area contributed by atoms with Crippen LogP contribution >= 0.6 is 0 Å². The van der Waals surface area contributed by atoms with Crippen LogP contribution in [0.1, 0.15) is 21.9 Å². The SMILES string of the molecule is Cc1cc(C(=O)Nc2ccc(-c3nc(N)cc(CS(C)(=O)=O)n3)cc2)n(C)n1. The third-order valence-corrected chi connectivity index (χ3v) is 4.66. The van der Waals surface area contributed by atoms with Crippen LogP contribution in [0.3, 0.4) is 0 Å². The Hall–Kier alpha value is -3.27. The molecule has 0 unspecified atom stereocenters. The van der Waals surface area contributed by atoms with E-state index in [0.717, 1.165) is 11.9 Å². The predicted molar refractivity (Wildman–Crippen MR) is 106 cm³/mol. The average Bonchev–Trinajstić information content (AvgIpc) is 2.92. The van der Waals surface area contributed by atoms with Gasteiger partial charge in [0.15, 0.2) is 15.7 Å². The molecule has 0 aliphatic heterocycles. The van der Waals surface area contributed by atoms with Gasteiger partial charge in [0.1, 0.15) is 11.5 Å². The zero-order chi connectivity index (χ0) is 20.5. The molecule has 0 fully saturated rings. The first-order valence-electron chi connectivity index (χ1n) is 8.34. The molecule has 9 nitrogen and oxygen atoms in total. The number of sulfone groups is 1. The maximum Gasteiger partial charge on any atom is 0.273 e. The molecule has 0 saturated carbocycles. The number of nitrogens with zero attached hydrogens (tertiary/aromatic N) is 4. The Morgan fingerprint density at radius 1 is 1.18 bits per heavy atom. The summed E-state index contributed by atoms with van der Waals surface area (Å²) in [5.41, 5.74) is 8.55. The predicted octanol–water partition coefficient (Wildman–Crippen LogP) is 1.56. The van der Waals surface area contributed by atoms with Crippen molar-refractivity contribution in [1.82, 2.24) is 19.7 Å². The van der Waals surface area contributed by atoms with E-state index >= 15 is 0 Å².